The van der Waals surface area contributed by atoms with Gasteiger partial charge in [-0.15, -0.1) is 0 Å². The summed E-state index contributed by atoms with van der Waals surface area (Å²) in [7, 11) is 4.44. The number of aliphatic hydroxyl groups excluding tert-OH is 1. The summed E-state index contributed by atoms with van der Waals surface area (Å²) >= 11 is 2.35. The van der Waals surface area contributed by atoms with Gasteiger partial charge < -0.3 is 52.5 Å². The predicted octanol–water partition coefficient (Wildman–Crippen LogP) is 11.6. The molecule has 0 amide bonds. The largest absolute Gasteiger partial charge is 0.496 e. The monoisotopic (exact) mass is 1180 g/mol. The van der Waals surface area contributed by atoms with E-state index in [1.807, 2.05) is 110 Å². The second-order valence-electron chi connectivity index (χ2n) is 16.2. The maximum atomic E-state index is 12.0. The molecule has 0 bridgehead atoms. The number of alkyl halides is 1. The molecule has 0 spiro atoms. The highest BCUT2D eigenvalue weighted by Crippen LogP contribution is 2.30. The second-order valence-corrected chi connectivity index (χ2v) is 18.9. The van der Waals surface area contributed by atoms with Crippen molar-refractivity contribution in [3.8, 4) is 28.7 Å². The van der Waals surface area contributed by atoms with E-state index in [1.54, 1.807) is 78.0 Å². The minimum Gasteiger partial charge on any atom is -0.496 e. The van der Waals surface area contributed by atoms with Crippen LogP contribution in [0.5, 0.6) is 28.7 Å². The van der Waals surface area contributed by atoms with Crippen molar-refractivity contribution in [3.63, 3.8) is 0 Å². The van der Waals surface area contributed by atoms with Crippen LogP contribution in [0.1, 0.15) is 70.1 Å². The summed E-state index contributed by atoms with van der Waals surface area (Å²) < 4.78 is 83.4. The van der Waals surface area contributed by atoms with Crippen molar-refractivity contribution in [1.82, 2.24) is 0 Å². The lowest BCUT2D eigenvalue weighted by atomic mass is 10.2. The van der Waals surface area contributed by atoms with E-state index in [0.717, 1.165) is 94.2 Å². The van der Waals surface area contributed by atoms with Crippen molar-refractivity contribution in [2.45, 2.75) is 63.6 Å². The van der Waals surface area contributed by atoms with Crippen molar-refractivity contribution in [2.24, 2.45) is 0 Å². The standard InChI is InChI=1S/C18H22O5S.C11H15IO2.C11H14O3.C11H16O3.C8H8O2/c1-15-8-10-17(11-9-15)24(19,20)23-13-5-12-22-14-16-6-3-4-7-18(16)21-2;1-13-11-6-3-2-5-10(11)9-14-8-4-7-12;1-12-10-6-3-2-5-9(10)11-13-7-4-8-14-11;1-13-11-6-3-2-5-10(11)9-14-8-4-7-12;1-10-8-5-3-2-4-7(8)6-9/h3-4,6-11H,5,12-14H2,1-2H3;2-3,5-6H,4,7-9H2,1H3;2-3,5-6,11H,4,7-8H2,1H3;2-3,5-6,12H,4,7-9H2,1H3;2-6H,1H3. The Morgan fingerprint density at radius 3 is 1.41 bits per heavy atom. The topological polar surface area (TPSA) is 173 Å². The van der Waals surface area contributed by atoms with Gasteiger partial charge >= 0.3 is 0 Å². The van der Waals surface area contributed by atoms with Crippen LogP contribution in [0.4, 0.5) is 0 Å². The Kier molecular flexibility index (Phi) is 33.8. The third-order valence-electron chi connectivity index (χ3n) is 10.7. The van der Waals surface area contributed by atoms with Crippen LogP contribution in [0.15, 0.2) is 150 Å². The van der Waals surface area contributed by atoms with E-state index >= 15 is 0 Å². The Morgan fingerprint density at radius 1 is 0.539 bits per heavy atom. The molecule has 0 radical (unpaired) electrons. The number of para-hydroxylation sites is 5. The zero-order valence-corrected chi connectivity index (χ0v) is 47.5. The zero-order valence-electron chi connectivity index (χ0n) is 44.6. The summed E-state index contributed by atoms with van der Waals surface area (Å²) in [6.07, 6.45) is 3.75. The molecule has 0 saturated carbocycles. The quantitative estimate of drug-likeness (QED) is 0.0188. The predicted molar refractivity (Wildman–Crippen MR) is 303 cm³/mol. The number of aliphatic hydroxyl groups is 1. The second kappa shape index (κ2) is 39.7. The summed E-state index contributed by atoms with van der Waals surface area (Å²) in [5.74, 6) is 3.96. The van der Waals surface area contributed by atoms with Gasteiger partial charge in [0.1, 0.15) is 28.7 Å². The molecule has 0 aliphatic carbocycles. The molecule has 15 nitrogen and oxygen atoms in total. The normalized spacial score (nSPS) is 11.8. The van der Waals surface area contributed by atoms with Gasteiger partial charge in [-0.25, -0.2) is 0 Å². The van der Waals surface area contributed by atoms with Gasteiger partial charge in [0.15, 0.2) is 12.6 Å². The van der Waals surface area contributed by atoms with Crippen LogP contribution in [0.25, 0.3) is 0 Å². The molecule has 0 unspecified atom stereocenters. The number of halogens is 1. The fourth-order valence-electron chi connectivity index (χ4n) is 6.73. The summed E-state index contributed by atoms with van der Waals surface area (Å²) in [5.41, 5.74) is 5.66. The summed E-state index contributed by atoms with van der Waals surface area (Å²) in [5, 5.41) is 8.56. The minimum atomic E-state index is -3.70. The molecule has 76 heavy (non-hydrogen) atoms. The Morgan fingerprint density at radius 2 is 0.961 bits per heavy atom. The lowest BCUT2D eigenvalue weighted by Crippen LogP contribution is -2.18. The molecule has 0 atom stereocenters. The molecular formula is C59H75IO15S. The molecular weight excluding hydrogens is 1110 g/mol. The molecule has 1 saturated heterocycles. The third-order valence-corrected chi connectivity index (χ3v) is 12.8. The van der Waals surface area contributed by atoms with Crippen molar-refractivity contribution in [2.75, 3.05) is 86.2 Å². The van der Waals surface area contributed by atoms with Gasteiger partial charge in [0.05, 0.1) is 85.6 Å². The van der Waals surface area contributed by atoms with Gasteiger partial charge in [-0.3, -0.25) is 8.98 Å². The SMILES string of the molecule is COc1ccccc1C1OCCCO1.COc1ccccc1C=O.COc1ccccc1COCCCI.COc1ccccc1COCCCO.COc1ccccc1COCCCOS(=O)(=O)c1ccc(C)cc1. The fraction of sp³-hybridized carbons (Fsp3) is 0.373. The molecule has 17 heteroatoms. The first kappa shape index (κ1) is 64.7. The lowest BCUT2D eigenvalue weighted by Gasteiger charge is -2.24. The van der Waals surface area contributed by atoms with E-state index in [4.69, 9.17) is 56.7 Å². The zero-order chi connectivity index (χ0) is 55.1. The van der Waals surface area contributed by atoms with E-state index in [1.165, 1.54) is 0 Å². The number of benzene rings is 6. The van der Waals surface area contributed by atoms with E-state index < -0.39 is 10.1 Å². The molecule has 7 rings (SSSR count). The smallest absolute Gasteiger partial charge is 0.296 e. The van der Waals surface area contributed by atoms with Crippen LogP contribution in [0, 0.1) is 6.92 Å². The molecule has 0 aromatic heterocycles. The highest BCUT2D eigenvalue weighted by Gasteiger charge is 2.20. The van der Waals surface area contributed by atoms with Crippen molar-refractivity contribution >= 4 is 39.0 Å². The Balaban J connectivity index is 0.000000259. The van der Waals surface area contributed by atoms with Crippen LogP contribution in [0.2, 0.25) is 0 Å². The number of methoxy groups -OCH3 is 5. The van der Waals surface area contributed by atoms with Gasteiger partial charge in [-0.2, -0.15) is 8.42 Å². The van der Waals surface area contributed by atoms with Gasteiger partial charge in [0.2, 0.25) is 0 Å². The molecule has 1 heterocycles. The number of rotatable bonds is 25. The van der Waals surface area contributed by atoms with E-state index in [0.29, 0.717) is 57.2 Å². The first-order valence-electron chi connectivity index (χ1n) is 24.8. The molecule has 6 aromatic rings. The third kappa shape index (κ3) is 25.0. The van der Waals surface area contributed by atoms with E-state index in [9.17, 15) is 13.2 Å². The van der Waals surface area contributed by atoms with Crippen LogP contribution in [-0.2, 0) is 57.8 Å². The van der Waals surface area contributed by atoms with Crippen molar-refractivity contribution in [3.05, 3.63) is 179 Å². The highest BCUT2D eigenvalue weighted by atomic mass is 127. The Bertz CT molecular complexity index is 2520. The van der Waals surface area contributed by atoms with Gasteiger partial charge in [0, 0.05) is 53.1 Å². The van der Waals surface area contributed by atoms with Crippen LogP contribution in [-0.4, -0.2) is 106 Å². The number of hydrogen-bond acceptors (Lipinski definition) is 15. The fourth-order valence-corrected chi connectivity index (χ4v) is 7.99. The first-order valence-corrected chi connectivity index (χ1v) is 27.7. The summed E-state index contributed by atoms with van der Waals surface area (Å²) in [6.45, 7) is 7.05. The number of aryl methyl sites for hydroxylation is 1. The van der Waals surface area contributed by atoms with E-state index in [2.05, 4.69) is 22.6 Å². The number of ether oxygens (including phenoxy) is 10. The molecule has 414 valence electrons. The van der Waals surface area contributed by atoms with Crippen molar-refractivity contribution < 1.29 is 69.9 Å². The Labute approximate surface area is 463 Å². The molecule has 1 fully saturated rings. The maximum Gasteiger partial charge on any atom is 0.296 e. The highest BCUT2D eigenvalue weighted by molar-refractivity contribution is 14.1. The van der Waals surface area contributed by atoms with Crippen LogP contribution in [0.3, 0.4) is 0 Å². The molecule has 1 aliphatic rings. The van der Waals surface area contributed by atoms with Crippen molar-refractivity contribution in [1.29, 1.82) is 0 Å². The molecule has 1 aliphatic heterocycles. The number of carbonyl (C=O) groups is 1. The lowest BCUT2D eigenvalue weighted by molar-refractivity contribution is -0.183. The number of carbonyl (C=O) groups excluding carboxylic acids is 1. The number of aldehydes is 1. The first-order chi connectivity index (χ1) is 37.1. The Hall–Kier alpha value is -5.61. The van der Waals surface area contributed by atoms with Gasteiger partial charge in [-0.05, 0) is 81.1 Å². The maximum absolute atomic E-state index is 12.0. The van der Waals surface area contributed by atoms with E-state index in [-0.39, 0.29) is 24.4 Å². The average Bonchev–Trinajstić information content (AvgIpc) is 3.47. The summed E-state index contributed by atoms with van der Waals surface area (Å²) in [6, 6.07) is 44.8. The molecule has 6 aromatic carbocycles. The minimum absolute atomic E-state index is 0.0855. The van der Waals surface area contributed by atoms with Crippen LogP contribution < -0.4 is 23.7 Å². The van der Waals surface area contributed by atoms with Crippen LogP contribution >= 0.6 is 22.6 Å². The van der Waals surface area contributed by atoms with Gasteiger partial charge in [-0.1, -0.05) is 125 Å². The average molecular weight is 1180 g/mol. The summed E-state index contributed by atoms with van der Waals surface area (Å²) in [4.78, 5) is 10.5. The molecule has 1 N–H and O–H groups in total. The number of hydrogen-bond donors (Lipinski definition) is 1. The van der Waals surface area contributed by atoms with Gasteiger partial charge in [0.25, 0.3) is 10.1 Å².